The van der Waals surface area contributed by atoms with Gasteiger partial charge in [0.1, 0.15) is 17.2 Å². The van der Waals surface area contributed by atoms with Crippen LogP contribution in [0.1, 0.15) is 61.7 Å². The van der Waals surface area contributed by atoms with Crippen molar-refractivity contribution in [3.63, 3.8) is 0 Å². The minimum Gasteiger partial charge on any atom is -0.444 e. The minimum atomic E-state index is -3.21. The Bertz CT molecular complexity index is 1860. The van der Waals surface area contributed by atoms with Gasteiger partial charge in [-0.3, -0.25) is 9.13 Å². The molecule has 4 aromatic rings. The quantitative estimate of drug-likeness (QED) is 0.316. The number of ether oxygens (including phenoxy) is 1. The van der Waals surface area contributed by atoms with Gasteiger partial charge in [-0.05, 0) is 82.5 Å². The Morgan fingerprint density at radius 1 is 1.05 bits per heavy atom. The molecule has 0 N–H and O–H groups in total. The lowest BCUT2D eigenvalue weighted by atomic mass is 10.00. The lowest BCUT2D eigenvalue weighted by Gasteiger charge is -2.34. The van der Waals surface area contributed by atoms with E-state index in [1.54, 1.807) is 72.2 Å². The number of amides is 1. The van der Waals surface area contributed by atoms with Crippen LogP contribution in [0.3, 0.4) is 0 Å². The molecule has 43 heavy (non-hydrogen) atoms. The zero-order chi connectivity index (χ0) is 31.4. The SMILES string of the molecule is Cc1cc(-n2nc3c(c2-n2ccn(-c4ccc(CS(C)(=O)=O)cc4)c2=O)[C@H](C)N(C(=O)OC(C)(C)C)CC3)cc(C)c1F. The van der Waals surface area contributed by atoms with Crippen molar-refractivity contribution < 1.29 is 22.3 Å². The van der Waals surface area contributed by atoms with Crippen LogP contribution in [0, 0.1) is 19.7 Å². The van der Waals surface area contributed by atoms with Gasteiger partial charge in [0, 0.05) is 37.2 Å². The van der Waals surface area contributed by atoms with E-state index in [9.17, 15) is 22.4 Å². The molecule has 1 atom stereocenters. The number of sulfone groups is 1. The van der Waals surface area contributed by atoms with Crippen LogP contribution < -0.4 is 5.69 Å². The lowest BCUT2D eigenvalue weighted by molar-refractivity contribution is 0.0159. The summed E-state index contributed by atoms with van der Waals surface area (Å²) in [5.41, 5.74) is 2.99. The lowest BCUT2D eigenvalue weighted by Crippen LogP contribution is -2.42. The summed E-state index contributed by atoms with van der Waals surface area (Å²) < 4.78 is 48.3. The Morgan fingerprint density at radius 2 is 1.65 bits per heavy atom. The van der Waals surface area contributed by atoms with Crippen LogP contribution >= 0.6 is 0 Å². The van der Waals surface area contributed by atoms with E-state index in [1.165, 1.54) is 15.4 Å². The molecule has 10 nitrogen and oxygen atoms in total. The monoisotopic (exact) mass is 609 g/mol. The Kier molecular flexibility index (Phi) is 7.62. The fraction of sp³-hybridized carbons (Fsp3) is 0.387. The van der Waals surface area contributed by atoms with E-state index in [2.05, 4.69) is 0 Å². The number of carbonyl (C=O) groups is 1. The van der Waals surface area contributed by atoms with E-state index >= 15 is 0 Å². The molecule has 0 saturated carbocycles. The molecule has 0 fully saturated rings. The predicted octanol–water partition coefficient (Wildman–Crippen LogP) is 4.97. The highest BCUT2D eigenvalue weighted by Crippen LogP contribution is 2.36. The second-order valence-electron chi connectivity index (χ2n) is 12.1. The summed E-state index contributed by atoms with van der Waals surface area (Å²) in [5.74, 6) is 0.0322. The van der Waals surface area contributed by atoms with E-state index in [4.69, 9.17) is 9.84 Å². The van der Waals surface area contributed by atoms with E-state index in [-0.39, 0.29) is 11.6 Å². The number of imidazole rings is 1. The molecular formula is C31H36FN5O5S. The molecule has 0 spiro atoms. The summed E-state index contributed by atoms with van der Waals surface area (Å²) >= 11 is 0. The van der Waals surface area contributed by atoms with Crippen LogP contribution in [0.25, 0.3) is 17.2 Å². The first kappa shape index (κ1) is 30.3. The number of aryl methyl sites for hydroxylation is 2. The molecule has 0 bridgehead atoms. The van der Waals surface area contributed by atoms with Crippen LogP contribution in [0.4, 0.5) is 9.18 Å². The highest BCUT2D eigenvalue weighted by atomic mass is 32.2. The van der Waals surface area contributed by atoms with Gasteiger partial charge in [0.2, 0.25) is 0 Å². The van der Waals surface area contributed by atoms with Crippen LogP contribution in [-0.2, 0) is 26.7 Å². The number of aromatic nitrogens is 4. The first-order chi connectivity index (χ1) is 20.0. The fourth-order valence-electron chi connectivity index (χ4n) is 5.47. The van der Waals surface area contributed by atoms with Crippen molar-refractivity contribution in [2.24, 2.45) is 0 Å². The van der Waals surface area contributed by atoms with Gasteiger partial charge in [0.15, 0.2) is 9.84 Å². The van der Waals surface area contributed by atoms with Gasteiger partial charge < -0.3 is 9.64 Å². The van der Waals surface area contributed by atoms with E-state index in [1.807, 2.05) is 27.7 Å². The zero-order valence-corrected chi connectivity index (χ0v) is 26.2. The number of halogens is 1. The van der Waals surface area contributed by atoms with Crippen molar-refractivity contribution in [3.8, 4) is 17.2 Å². The van der Waals surface area contributed by atoms with Gasteiger partial charge in [-0.1, -0.05) is 12.1 Å². The molecule has 1 aliphatic rings. The van der Waals surface area contributed by atoms with Crippen molar-refractivity contribution in [3.05, 3.63) is 93.0 Å². The predicted molar refractivity (Wildman–Crippen MR) is 162 cm³/mol. The zero-order valence-electron chi connectivity index (χ0n) is 25.4. The van der Waals surface area contributed by atoms with Gasteiger partial charge in [-0.25, -0.2) is 27.1 Å². The number of hydrogen-bond acceptors (Lipinski definition) is 6. The average molecular weight is 610 g/mol. The van der Waals surface area contributed by atoms with Crippen LogP contribution in [0.5, 0.6) is 0 Å². The van der Waals surface area contributed by atoms with Crippen LogP contribution in [0.2, 0.25) is 0 Å². The third-order valence-electron chi connectivity index (χ3n) is 7.39. The normalized spacial score (nSPS) is 15.4. The van der Waals surface area contributed by atoms with Gasteiger partial charge in [-0.15, -0.1) is 0 Å². The summed E-state index contributed by atoms with van der Waals surface area (Å²) in [6, 6.07) is 9.63. The third-order valence-corrected chi connectivity index (χ3v) is 8.25. The molecule has 0 radical (unpaired) electrons. The maximum Gasteiger partial charge on any atom is 0.410 e. The highest BCUT2D eigenvalue weighted by molar-refractivity contribution is 7.89. The first-order valence-electron chi connectivity index (χ1n) is 14.0. The Balaban J connectivity index is 1.66. The first-order valence-corrected chi connectivity index (χ1v) is 16.1. The average Bonchev–Trinajstić information content (AvgIpc) is 3.46. The number of rotatable bonds is 5. The summed E-state index contributed by atoms with van der Waals surface area (Å²) in [7, 11) is -3.21. The number of fused-ring (bicyclic) bond motifs is 1. The molecule has 1 aliphatic heterocycles. The second kappa shape index (κ2) is 10.8. The molecule has 2 aromatic heterocycles. The molecule has 1 amide bonds. The van der Waals surface area contributed by atoms with E-state index in [0.717, 1.165) is 5.69 Å². The Hall–Kier alpha value is -4.19. The van der Waals surface area contributed by atoms with Crippen molar-refractivity contribution in [2.75, 3.05) is 12.8 Å². The van der Waals surface area contributed by atoms with Crippen LogP contribution in [-0.4, -0.2) is 56.7 Å². The largest absolute Gasteiger partial charge is 0.444 e. The summed E-state index contributed by atoms with van der Waals surface area (Å²) in [5, 5.41) is 4.89. The highest BCUT2D eigenvalue weighted by Gasteiger charge is 2.37. The van der Waals surface area contributed by atoms with Gasteiger partial charge in [-0.2, -0.15) is 5.10 Å². The summed E-state index contributed by atoms with van der Waals surface area (Å²) in [6.45, 7) is 11.0. The molecule has 0 unspecified atom stereocenters. The third kappa shape index (κ3) is 6.01. The molecule has 3 heterocycles. The number of hydrogen-bond donors (Lipinski definition) is 0. The maximum atomic E-state index is 14.6. The maximum absolute atomic E-state index is 14.6. The summed E-state index contributed by atoms with van der Waals surface area (Å²) in [4.78, 5) is 28.8. The molecule has 0 saturated heterocycles. The number of benzene rings is 2. The number of carbonyl (C=O) groups excluding carboxylic acids is 1. The minimum absolute atomic E-state index is 0.100. The smallest absolute Gasteiger partial charge is 0.410 e. The van der Waals surface area contributed by atoms with Crippen molar-refractivity contribution in [1.82, 2.24) is 23.8 Å². The van der Waals surface area contributed by atoms with Crippen molar-refractivity contribution in [2.45, 2.75) is 65.4 Å². The van der Waals surface area contributed by atoms with Crippen molar-refractivity contribution in [1.29, 1.82) is 0 Å². The standard InChI is InChI=1S/C31H36FN5O5S/c1-19-16-24(17-20(2)27(19)32)37-28(26-21(3)34(13-12-25(26)33-37)30(39)42-31(4,5)6)36-15-14-35(29(36)38)23-10-8-22(9-11-23)18-43(7,40)41/h8-11,14-17,21H,12-13,18H2,1-7H3/t21-/m0/s1. The molecule has 2 aromatic carbocycles. The molecule has 12 heteroatoms. The molecular weight excluding hydrogens is 573 g/mol. The van der Waals surface area contributed by atoms with Crippen molar-refractivity contribution >= 4 is 15.9 Å². The van der Waals surface area contributed by atoms with Gasteiger partial charge in [0.25, 0.3) is 0 Å². The molecule has 5 rings (SSSR count). The van der Waals surface area contributed by atoms with E-state index < -0.39 is 33.3 Å². The van der Waals surface area contributed by atoms with Crippen LogP contribution in [0.15, 0.2) is 53.6 Å². The molecule has 228 valence electrons. The van der Waals surface area contributed by atoms with E-state index in [0.29, 0.717) is 52.4 Å². The fourth-order valence-corrected chi connectivity index (χ4v) is 6.27. The Labute approximate surface area is 250 Å². The number of nitrogens with zero attached hydrogens (tertiary/aromatic N) is 5. The Morgan fingerprint density at radius 3 is 2.23 bits per heavy atom. The van der Waals surface area contributed by atoms with Gasteiger partial charge in [0.05, 0.1) is 28.9 Å². The second-order valence-corrected chi connectivity index (χ2v) is 14.3. The molecule has 0 aliphatic carbocycles. The summed E-state index contributed by atoms with van der Waals surface area (Å²) in [6.07, 6.45) is 4.40. The topological polar surface area (TPSA) is 108 Å². The van der Waals surface area contributed by atoms with Gasteiger partial charge >= 0.3 is 11.8 Å².